The number of nitrogens with one attached hydrogen (secondary N) is 1. The van der Waals surface area contributed by atoms with Crippen molar-refractivity contribution in [2.24, 2.45) is 5.73 Å². The molecule has 0 saturated carbocycles. The number of nitrogens with two attached hydrogens (primary N) is 1. The third-order valence-corrected chi connectivity index (χ3v) is 3.07. The van der Waals surface area contributed by atoms with Crippen molar-refractivity contribution in [3.05, 3.63) is 33.8 Å². The molecule has 90 valence electrons. The Morgan fingerprint density at radius 2 is 2.06 bits per heavy atom. The standard InChI is InChI=1S/C13H21BrN2/c1-10-4-5-12(14)8-11(10)9-16-7-6-13(2,3)15/h4-5,8,16H,6-7,9,15H2,1-3H3. The largest absolute Gasteiger partial charge is 0.326 e. The smallest absolute Gasteiger partial charge is 0.0208 e. The highest BCUT2D eigenvalue weighted by atomic mass is 79.9. The molecule has 0 unspecified atom stereocenters. The summed E-state index contributed by atoms with van der Waals surface area (Å²) in [6, 6.07) is 6.37. The molecule has 0 amide bonds. The minimum atomic E-state index is -0.0840. The van der Waals surface area contributed by atoms with Gasteiger partial charge in [0, 0.05) is 16.6 Å². The van der Waals surface area contributed by atoms with Gasteiger partial charge >= 0.3 is 0 Å². The molecule has 1 aromatic carbocycles. The van der Waals surface area contributed by atoms with Crippen molar-refractivity contribution in [1.29, 1.82) is 0 Å². The third-order valence-electron chi connectivity index (χ3n) is 2.57. The van der Waals surface area contributed by atoms with Crippen molar-refractivity contribution in [1.82, 2.24) is 5.32 Å². The topological polar surface area (TPSA) is 38.0 Å². The van der Waals surface area contributed by atoms with Crippen LogP contribution in [0.25, 0.3) is 0 Å². The van der Waals surface area contributed by atoms with E-state index < -0.39 is 0 Å². The lowest BCUT2D eigenvalue weighted by Crippen LogP contribution is -2.35. The lowest BCUT2D eigenvalue weighted by atomic mass is 10.0. The van der Waals surface area contributed by atoms with Crippen molar-refractivity contribution in [2.45, 2.75) is 39.3 Å². The summed E-state index contributed by atoms with van der Waals surface area (Å²) in [5, 5.41) is 3.43. The summed E-state index contributed by atoms with van der Waals surface area (Å²) in [7, 11) is 0. The van der Waals surface area contributed by atoms with Crippen molar-refractivity contribution >= 4 is 15.9 Å². The molecule has 0 radical (unpaired) electrons. The predicted octanol–water partition coefficient (Wildman–Crippen LogP) is 2.97. The van der Waals surface area contributed by atoms with E-state index in [4.69, 9.17) is 5.73 Å². The maximum atomic E-state index is 5.92. The van der Waals surface area contributed by atoms with Gasteiger partial charge < -0.3 is 11.1 Å². The molecule has 0 aliphatic heterocycles. The van der Waals surface area contributed by atoms with Gasteiger partial charge in [-0.15, -0.1) is 0 Å². The highest BCUT2D eigenvalue weighted by molar-refractivity contribution is 9.10. The van der Waals surface area contributed by atoms with Gasteiger partial charge in [0.05, 0.1) is 0 Å². The summed E-state index contributed by atoms with van der Waals surface area (Å²) in [6.45, 7) is 8.10. The van der Waals surface area contributed by atoms with Crippen LogP contribution in [-0.2, 0) is 6.54 Å². The van der Waals surface area contributed by atoms with Gasteiger partial charge in [-0.3, -0.25) is 0 Å². The van der Waals surface area contributed by atoms with Crippen molar-refractivity contribution < 1.29 is 0 Å². The SMILES string of the molecule is Cc1ccc(Br)cc1CNCCC(C)(C)N. The minimum absolute atomic E-state index is 0.0840. The number of aryl methyl sites for hydroxylation is 1. The average molecular weight is 285 g/mol. The fraction of sp³-hybridized carbons (Fsp3) is 0.538. The van der Waals surface area contributed by atoms with E-state index in [-0.39, 0.29) is 5.54 Å². The average Bonchev–Trinajstić information content (AvgIpc) is 2.16. The van der Waals surface area contributed by atoms with Crippen LogP contribution in [0.5, 0.6) is 0 Å². The highest BCUT2D eigenvalue weighted by Gasteiger charge is 2.09. The molecule has 0 bridgehead atoms. The molecule has 1 rings (SSSR count). The van der Waals surface area contributed by atoms with E-state index in [1.807, 2.05) is 0 Å². The fourth-order valence-electron chi connectivity index (χ4n) is 1.46. The van der Waals surface area contributed by atoms with E-state index in [1.165, 1.54) is 11.1 Å². The van der Waals surface area contributed by atoms with Crippen LogP contribution in [-0.4, -0.2) is 12.1 Å². The molecule has 3 heteroatoms. The molecular formula is C13H21BrN2. The molecular weight excluding hydrogens is 264 g/mol. The maximum Gasteiger partial charge on any atom is 0.0208 e. The van der Waals surface area contributed by atoms with Gasteiger partial charge in [-0.2, -0.15) is 0 Å². The van der Waals surface area contributed by atoms with Crippen LogP contribution < -0.4 is 11.1 Å². The van der Waals surface area contributed by atoms with E-state index in [9.17, 15) is 0 Å². The minimum Gasteiger partial charge on any atom is -0.326 e. The zero-order chi connectivity index (χ0) is 12.2. The fourth-order valence-corrected chi connectivity index (χ4v) is 1.87. The Kier molecular flexibility index (Phi) is 4.96. The zero-order valence-corrected chi connectivity index (χ0v) is 11.9. The number of hydrogen-bond acceptors (Lipinski definition) is 2. The summed E-state index contributed by atoms with van der Waals surface area (Å²) < 4.78 is 1.13. The quantitative estimate of drug-likeness (QED) is 0.816. The number of hydrogen-bond donors (Lipinski definition) is 2. The van der Waals surface area contributed by atoms with Crippen molar-refractivity contribution in [2.75, 3.05) is 6.54 Å². The Labute approximate surface area is 107 Å². The third kappa shape index (κ3) is 5.10. The lowest BCUT2D eigenvalue weighted by molar-refractivity contribution is 0.455. The van der Waals surface area contributed by atoms with Crippen LogP contribution in [0.3, 0.4) is 0 Å². The number of rotatable bonds is 5. The van der Waals surface area contributed by atoms with Gasteiger partial charge in [0.15, 0.2) is 0 Å². The molecule has 0 fully saturated rings. The van der Waals surface area contributed by atoms with Crippen LogP contribution in [0.4, 0.5) is 0 Å². The van der Waals surface area contributed by atoms with Gasteiger partial charge in [-0.05, 0) is 57.0 Å². The Morgan fingerprint density at radius 3 is 2.69 bits per heavy atom. The number of halogens is 1. The summed E-state index contributed by atoms with van der Waals surface area (Å²) in [5.74, 6) is 0. The van der Waals surface area contributed by atoms with E-state index in [0.29, 0.717) is 0 Å². The van der Waals surface area contributed by atoms with Gasteiger partial charge in [0.1, 0.15) is 0 Å². The van der Waals surface area contributed by atoms with Gasteiger partial charge in [0.2, 0.25) is 0 Å². The second-order valence-electron chi connectivity index (χ2n) is 4.99. The first-order valence-electron chi connectivity index (χ1n) is 5.63. The van der Waals surface area contributed by atoms with E-state index >= 15 is 0 Å². The Bertz CT molecular complexity index is 342. The van der Waals surface area contributed by atoms with Crippen LogP contribution >= 0.6 is 15.9 Å². The molecule has 0 aliphatic carbocycles. The van der Waals surface area contributed by atoms with Crippen LogP contribution in [0, 0.1) is 6.92 Å². The maximum absolute atomic E-state index is 5.92. The van der Waals surface area contributed by atoms with Gasteiger partial charge in [-0.25, -0.2) is 0 Å². The Morgan fingerprint density at radius 1 is 1.38 bits per heavy atom. The summed E-state index contributed by atoms with van der Waals surface area (Å²) in [5.41, 5.74) is 8.50. The first-order chi connectivity index (χ1) is 7.38. The van der Waals surface area contributed by atoms with Crippen LogP contribution in [0.1, 0.15) is 31.4 Å². The van der Waals surface area contributed by atoms with Gasteiger partial charge in [0.25, 0.3) is 0 Å². The van der Waals surface area contributed by atoms with E-state index in [2.05, 4.69) is 60.2 Å². The normalized spacial score (nSPS) is 11.8. The van der Waals surface area contributed by atoms with Crippen molar-refractivity contribution in [3.8, 4) is 0 Å². The summed E-state index contributed by atoms with van der Waals surface area (Å²) >= 11 is 3.49. The second-order valence-corrected chi connectivity index (χ2v) is 5.90. The molecule has 16 heavy (non-hydrogen) atoms. The molecule has 2 nitrogen and oxygen atoms in total. The van der Waals surface area contributed by atoms with E-state index in [1.54, 1.807) is 0 Å². The molecule has 0 aromatic heterocycles. The second kappa shape index (κ2) is 5.80. The van der Waals surface area contributed by atoms with Crippen LogP contribution in [0.2, 0.25) is 0 Å². The van der Waals surface area contributed by atoms with Crippen molar-refractivity contribution in [3.63, 3.8) is 0 Å². The Hall–Kier alpha value is -0.380. The monoisotopic (exact) mass is 284 g/mol. The summed E-state index contributed by atoms with van der Waals surface area (Å²) in [6.07, 6.45) is 0.986. The number of benzene rings is 1. The molecule has 3 N–H and O–H groups in total. The first kappa shape index (κ1) is 13.7. The van der Waals surface area contributed by atoms with Gasteiger partial charge in [-0.1, -0.05) is 22.0 Å². The van der Waals surface area contributed by atoms with Crippen LogP contribution in [0.15, 0.2) is 22.7 Å². The molecule has 1 aromatic rings. The zero-order valence-electron chi connectivity index (χ0n) is 10.3. The lowest BCUT2D eigenvalue weighted by Gasteiger charge is -2.18. The highest BCUT2D eigenvalue weighted by Crippen LogP contribution is 2.15. The van der Waals surface area contributed by atoms with E-state index in [0.717, 1.165) is 24.0 Å². The molecule has 0 spiro atoms. The molecule has 0 heterocycles. The molecule has 0 saturated heterocycles. The Balaban J connectivity index is 2.40. The first-order valence-corrected chi connectivity index (χ1v) is 6.42. The predicted molar refractivity (Wildman–Crippen MR) is 73.5 cm³/mol. The molecule has 0 aliphatic rings. The molecule has 0 atom stereocenters. The summed E-state index contributed by atoms with van der Waals surface area (Å²) in [4.78, 5) is 0.